The molecule has 0 heterocycles. The third-order valence-electron chi connectivity index (χ3n) is 12.0. The third kappa shape index (κ3) is 16.0. The Morgan fingerprint density at radius 1 is 0.415 bits per heavy atom. The molecule has 4 nitrogen and oxygen atoms in total. The Hall–Kier alpha value is -4.76. The summed E-state index contributed by atoms with van der Waals surface area (Å²) in [5.74, 6) is -2.47. The highest BCUT2D eigenvalue weighted by atomic mass is 19.4. The lowest BCUT2D eigenvalue weighted by Gasteiger charge is -2.29. The fraction of sp³-hybridized carbons (Fsp3) is 0.510. The number of unbranched alkanes of at least 4 members (excludes halogenated alkanes) is 3. The molecule has 2 saturated carbocycles. The van der Waals surface area contributed by atoms with Crippen LogP contribution in [0.25, 0.3) is 0 Å². The first-order valence-corrected chi connectivity index (χ1v) is 22.1. The lowest BCUT2D eigenvalue weighted by molar-refractivity contribution is -0.275. The van der Waals surface area contributed by atoms with Crippen LogP contribution in [0.1, 0.15) is 144 Å². The maximum Gasteiger partial charge on any atom is 0.573 e. The maximum atomic E-state index is 14.6. The van der Waals surface area contributed by atoms with Crippen LogP contribution in [-0.4, -0.2) is 12.7 Å². The fourth-order valence-corrected chi connectivity index (χ4v) is 8.61. The van der Waals surface area contributed by atoms with E-state index < -0.39 is 70.7 Å². The van der Waals surface area contributed by atoms with Crippen molar-refractivity contribution in [2.24, 2.45) is 11.8 Å². The second-order valence-electron chi connectivity index (χ2n) is 16.8. The van der Waals surface area contributed by atoms with Gasteiger partial charge in [-0.05, 0) is 159 Å². The molecule has 0 unspecified atom stereocenters. The van der Waals surface area contributed by atoms with Crippen molar-refractivity contribution in [1.29, 1.82) is 0 Å². The molecule has 0 saturated heterocycles. The molecule has 6 rings (SSSR count). The predicted octanol–water partition coefficient (Wildman–Crippen LogP) is 17.0. The molecule has 0 aromatic heterocycles. The summed E-state index contributed by atoms with van der Waals surface area (Å²) in [6.07, 6.45) is -1.49. The molecular formula is C49H54F12O4. The van der Waals surface area contributed by atoms with E-state index in [1.54, 1.807) is 0 Å². The molecule has 4 aromatic carbocycles. The van der Waals surface area contributed by atoms with E-state index in [0.29, 0.717) is 23.0 Å². The van der Waals surface area contributed by atoms with Gasteiger partial charge in [-0.15, -0.1) is 26.3 Å². The van der Waals surface area contributed by atoms with Crippen LogP contribution < -0.4 is 18.9 Å². The van der Waals surface area contributed by atoms with Crippen LogP contribution in [0.4, 0.5) is 52.7 Å². The topological polar surface area (TPSA) is 36.9 Å². The van der Waals surface area contributed by atoms with Gasteiger partial charge in [0.25, 0.3) is 0 Å². The van der Waals surface area contributed by atoms with Gasteiger partial charge < -0.3 is 18.9 Å². The molecule has 16 heteroatoms. The van der Waals surface area contributed by atoms with Gasteiger partial charge in [0, 0.05) is 0 Å². The van der Waals surface area contributed by atoms with Crippen LogP contribution in [0.5, 0.6) is 23.0 Å². The molecule has 0 atom stereocenters. The number of halogens is 12. The molecule has 65 heavy (non-hydrogen) atoms. The average Bonchev–Trinajstić information content (AvgIpc) is 3.23. The molecule has 0 radical (unpaired) electrons. The van der Waals surface area contributed by atoms with Crippen molar-refractivity contribution in [2.75, 3.05) is 0 Å². The van der Waals surface area contributed by atoms with E-state index in [-0.39, 0.29) is 11.8 Å². The second kappa shape index (κ2) is 22.6. The molecule has 2 fully saturated rings. The summed E-state index contributed by atoms with van der Waals surface area (Å²) in [7, 11) is 0. The van der Waals surface area contributed by atoms with E-state index in [0.717, 1.165) is 131 Å². The van der Waals surface area contributed by atoms with Crippen molar-refractivity contribution in [3.63, 3.8) is 0 Å². The lowest BCUT2D eigenvalue weighted by Crippen LogP contribution is -2.24. The van der Waals surface area contributed by atoms with E-state index in [1.807, 2.05) is 0 Å². The normalized spacial score (nSPS) is 19.5. The quantitative estimate of drug-likeness (QED) is 0.0781. The van der Waals surface area contributed by atoms with Crippen LogP contribution in [-0.2, 0) is 12.2 Å². The summed E-state index contributed by atoms with van der Waals surface area (Å²) < 4.78 is 177. The number of hydrogen-bond donors (Lipinski definition) is 0. The van der Waals surface area contributed by atoms with Gasteiger partial charge in [0.2, 0.25) is 0 Å². The van der Waals surface area contributed by atoms with Gasteiger partial charge in [-0.25, -0.2) is 8.78 Å². The zero-order valence-electron chi connectivity index (χ0n) is 36.2. The van der Waals surface area contributed by atoms with Crippen molar-refractivity contribution in [3.8, 4) is 23.0 Å². The summed E-state index contributed by atoms with van der Waals surface area (Å²) in [6.45, 7) is 4.33. The highest BCUT2D eigenvalue weighted by molar-refractivity contribution is 5.35. The third-order valence-corrected chi connectivity index (χ3v) is 12.0. The Morgan fingerprint density at radius 2 is 0.738 bits per heavy atom. The average molecular weight is 935 g/mol. The molecule has 0 N–H and O–H groups in total. The molecule has 2 aliphatic rings. The van der Waals surface area contributed by atoms with Gasteiger partial charge in [-0.2, -0.15) is 17.6 Å². The largest absolute Gasteiger partial charge is 0.573 e. The first-order chi connectivity index (χ1) is 30.6. The Kier molecular flexibility index (Phi) is 17.8. The Bertz CT molecular complexity index is 2050. The van der Waals surface area contributed by atoms with Crippen molar-refractivity contribution in [2.45, 2.75) is 147 Å². The molecule has 0 amide bonds. The fourth-order valence-electron chi connectivity index (χ4n) is 8.61. The van der Waals surface area contributed by atoms with Crippen molar-refractivity contribution >= 4 is 0 Å². The summed E-state index contributed by atoms with van der Waals surface area (Å²) in [5, 5.41) is 0. The van der Waals surface area contributed by atoms with Crippen LogP contribution >= 0.6 is 0 Å². The number of alkyl halides is 10. The summed E-state index contributed by atoms with van der Waals surface area (Å²) in [5.41, 5.74) is -0.444. The van der Waals surface area contributed by atoms with Crippen LogP contribution in [0.2, 0.25) is 0 Å². The predicted molar refractivity (Wildman–Crippen MR) is 221 cm³/mol. The molecule has 0 bridgehead atoms. The lowest BCUT2D eigenvalue weighted by atomic mass is 9.77. The highest BCUT2D eigenvalue weighted by Crippen LogP contribution is 2.42. The maximum absolute atomic E-state index is 14.6. The van der Waals surface area contributed by atoms with Gasteiger partial charge in [-0.1, -0.05) is 70.9 Å². The molecule has 2 aliphatic carbocycles. The van der Waals surface area contributed by atoms with Gasteiger partial charge in [0.05, 0.1) is 11.1 Å². The summed E-state index contributed by atoms with van der Waals surface area (Å²) in [4.78, 5) is 0. The summed E-state index contributed by atoms with van der Waals surface area (Å²) in [6, 6.07) is 14.3. The van der Waals surface area contributed by atoms with E-state index in [1.165, 1.54) is 50.7 Å². The van der Waals surface area contributed by atoms with E-state index >= 15 is 0 Å². The van der Waals surface area contributed by atoms with E-state index in [4.69, 9.17) is 0 Å². The SMILES string of the molecule is CCCCC[C@H]1CC[C@H](c2ccc(C(F)(F)Oc3ccc(OC(F)(F)F)cc3)c(F)c2)CC1.CCCC[C@H]1CC[C@H](c2ccc(C(F)(F)Oc3ccc(OC(F)(F)F)cc3)c(F)c2)CC1. The van der Waals surface area contributed by atoms with Gasteiger partial charge in [0.15, 0.2) is 0 Å². The first-order valence-electron chi connectivity index (χ1n) is 22.1. The van der Waals surface area contributed by atoms with E-state index in [9.17, 15) is 52.7 Å². The number of rotatable bonds is 17. The first kappa shape index (κ1) is 51.2. The number of benzene rings is 4. The summed E-state index contributed by atoms with van der Waals surface area (Å²) >= 11 is 0. The number of hydrogen-bond acceptors (Lipinski definition) is 4. The Labute approximate surface area is 371 Å². The van der Waals surface area contributed by atoms with Crippen molar-refractivity contribution in [3.05, 3.63) is 119 Å². The molecule has 358 valence electrons. The smallest absolute Gasteiger partial charge is 0.429 e. The highest BCUT2D eigenvalue weighted by Gasteiger charge is 2.40. The minimum atomic E-state index is -4.90. The Morgan fingerprint density at radius 3 is 1.05 bits per heavy atom. The van der Waals surface area contributed by atoms with Crippen LogP contribution in [0.3, 0.4) is 0 Å². The minimum Gasteiger partial charge on any atom is -0.429 e. The van der Waals surface area contributed by atoms with Crippen LogP contribution in [0, 0.1) is 23.5 Å². The molecule has 0 spiro atoms. The van der Waals surface area contributed by atoms with Gasteiger partial charge >= 0.3 is 24.9 Å². The monoisotopic (exact) mass is 934 g/mol. The zero-order chi connectivity index (χ0) is 47.4. The van der Waals surface area contributed by atoms with Crippen molar-refractivity contribution in [1.82, 2.24) is 0 Å². The van der Waals surface area contributed by atoms with Crippen molar-refractivity contribution < 1.29 is 71.6 Å². The molecular weight excluding hydrogens is 881 g/mol. The van der Waals surface area contributed by atoms with E-state index in [2.05, 4.69) is 32.8 Å². The standard InChI is InChI=1S/C25H28F6O2.C24H26F6O2/c1-2-3-4-5-17-6-8-18(9-7-17)19-10-15-22(23(26)16-19)24(27,28)32-20-11-13-21(14-12-20)33-25(29,30)31;1-2-3-4-16-5-7-17(8-6-16)18-9-14-21(22(25)15-18)23(26,27)31-19-10-12-20(13-11-19)32-24(28,29)30/h10-18H,2-9H2,1H3;9-17H,2-8H2,1H3/t17-,18-;16-,17-. The van der Waals surface area contributed by atoms with Crippen LogP contribution in [0.15, 0.2) is 84.9 Å². The van der Waals surface area contributed by atoms with Gasteiger partial charge in [-0.3, -0.25) is 0 Å². The number of ether oxygens (including phenoxy) is 4. The minimum absolute atomic E-state index is 0.145. The van der Waals surface area contributed by atoms with Gasteiger partial charge in [0.1, 0.15) is 34.6 Å². The molecule has 4 aromatic rings. The second-order valence-corrected chi connectivity index (χ2v) is 16.8. The zero-order valence-corrected chi connectivity index (χ0v) is 36.2. The molecule has 0 aliphatic heterocycles. The Balaban J connectivity index is 0.000000244.